The fraction of sp³-hybridized carbons (Fsp3) is 0.231. The van der Waals surface area contributed by atoms with Crippen molar-refractivity contribution in [1.29, 1.82) is 0 Å². The Hall–Kier alpha value is -1.42. The Morgan fingerprint density at radius 1 is 1.18 bits per heavy atom. The number of hydrogen-bond acceptors (Lipinski definition) is 3. The third kappa shape index (κ3) is 2.05. The van der Waals surface area contributed by atoms with Crippen LogP contribution in [0.25, 0.3) is 0 Å². The van der Waals surface area contributed by atoms with Crippen LogP contribution in [0, 0.1) is 0 Å². The first-order valence-electron chi connectivity index (χ1n) is 5.62. The molecule has 0 saturated carbocycles. The summed E-state index contributed by atoms with van der Waals surface area (Å²) in [4.78, 5) is 10.6. The van der Waals surface area contributed by atoms with Crippen LogP contribution >= 0.6 is 15.9 Å². The van der Waals surface area contributed by atoms with Crippen molar-refractivity contribution in [2.75, 3.05) is 11.4 Å². The summed E-state index contributed by atoms with van der Waals surface area (Å²) in [6.45, 7) is 1.93. The van der Waals surface area contributed by atoms with Crippen molar-refractivity contribution in [2.24, 2.45) is 0 Å². The summed E-state index contributed by atoms with van der Waals surface area (Å²) in [5.74, 6) is 0.981. The Morgan fingerprint density at radius 2 is 2.00 bits per heavy atom. The molecule has 1 aliphatic rings. The fourth-order valence-electron chi connectivity index (χ4n) is 2.22. The van der Waals surface area contributed by atoms with E-state index in [1.807, 2.05) is 0 Å². The van der Waals surface area contributed by atoms with Gasteiger partial charge in [-0.05, 0) is 33.5 Å². The lowest BCUT2D eigenvalue weighted by molar-refractivity contribution is 0.717. The first-order valence-corrected chi connectivity index (χ1v) is 6.41. The maximum absolute atomic E-state index is 4.34. The van der Waals surface area contributed by atoms with E-state index in [1.165, 1.54) is 11.1 Å². The number of benzene rings is 1. The van der Waals surface area contributed by atoms with Gasteiger partial charge in [0.05, 0.1) is 4.47 Å². The van der Waals surface area contributed by atoms with Gasteiger partial charge in [0.25, 0.3) is 0 Å². The van der Waals surface area contributed by atoms with Gasteiger partial charge in [0.15, 0.2) is 0 Å². The Balaban J connectivity index is 1.92. The van der Waals surface area contributed by atoms with Crippen LogP contribution in [0.2, 0.25) is 0 Å². The number of nitrogens with zero attached hydrogens (tertiary/aromatic N) is 3. The summed E-state index contributed by atoms with van der Waals surface area (Å²) in [6.07, 6.45) is 4.47. The largest absolute Gasteiger partial charge is 0.351 e. The van der Waals surface area contributed by atoms with E-state index in [4.69, 9.17) is 0 Å². The molecule has 0 amide bonds. The molecule has 1 aliphatic heterocycles. The first kappa shape index (κ1) is 10.7. The highest BCUT2D eigenvalue weighted by Gasteiger charge is 2.18. The zero-order valence-electron chi connectivity index (χ0n) is 9.31. The highest BCUT2D eigenvalue weighted by atomic mass is 79.9. The van der Waals surface area contributed by atoms with E-state index in [0.717, 1.165) is 29.8 Å². The van der Waals surface area contributed by atoms with E-state index < -0.39 is 0 Å². The number of fused-ring (bicyclic) bond motifs is 1. The van der Waals surface area contributed by atoms with E-state index in [1.54, 1.807) is 12.5 Å². The van der Waals surface area contributed by atoms with Gasteiger partial charge >= 0.3 is 0 Å². The van der Waals surface area contributed by atoms with E-state index in [0.29, 0.717) is 0 Å². The zero-order valence-corrected chi connectivity index (χ0v) is 10.9. The second-order valence-electron chi connectivity index (χ2n) is 4.13. The topological polar surface area (TPSA) is 29.0 Å². The second-order valence-corrected chi connectivity index (χ2v) is 4.99. The molecule has 17 heavy (non-hydrogen) atoms. The number of rotatable bonds is 1. The van der Waals surface area contributed by atoms with Crippen molar-refractivity contribution in [3.63, 3.8) is 0 Å². The molecule has 1 aromatic heterocycles. The second kappa shape index (κ2) is 4.45. The monoisotopic (exact) mass is 289 g/mol. The van der Waals surface area contributed by atoms with Gasteiger partial charge in [-0.3, -0.25) is 0 Å². The number of halogens is 1. The summed E-state index contributed by atoms with van der Waals surface area (Å²) < 4.78 is 0.958. The van der Waals surface area contributed by atoms with Crippen LogP contribution in [0.15, 0.2) is 41.3 Å². The highest BCUT2D eigenvalue weighted by Crippen LogP contribution is 2.27. The molecule has 3 rings (SSSR count). The van der Waals surface area contributed by atoms with Gasteiger partial charge in [-0.25, -0.2) is 9.97 Å². The minimum absolute atomic E-state index is 0.922. The molecule has 0 fully saturated rings. The molecule has 0 atom stereocenters. The normalized spacial score (nSPS) is 14.5. The molecule has 0 spiro atoms. The molecule has 2 heterocycles. The van der Waals surface area contributed by atoms with Crippen LogP contribution in [-0.4, -0.2) is 16.5 Å². The molecule has 0 saturated heterocycles. The molecule has 1 aromatic carbocycles. The SMILES string of the molecule is Brc1cncnc1N1CCc2ccccc2C1. The Kier molecular flexibility index (Phi) is 2.81. The van der Waals surface area contributed by atoms with E-state index in [9.17, 15) is 0 Å². The van der Waals surface area contributed by atoms with Gasteiger partial charge in [-0.1, -0.05) is 24.3 Å². The minimum Gasteiger partial charge on any atom is -0.351 e. The number of aromatic nitrogens is 2. The zero-order chi connectivity index (χ0) is 11.7. The van der Waals surface area contributed by atoms with Crippen molar-refractivity contribution in [3.8, 4) is 0 Å². The maximum Gasteiger partial charge on any atom is 0.146 e. The Labute approximate surface area is 109 Å². The average Bonchev–Trinajstić information content (AvgIpc) is 2.39. The maximum atomic E-state index is 4.34. The van der Waals surface area contributed by atoms with Gasteiger partial charge in [0.2, 0.25) is 0 Å². The Morgan fingerprint density at radius 3 is 2.82 bits per heavy atom. The van der Waals surface area contributed by atoms with Crippen molar-refractivity contribution in [1.82, 2.24) is 9.97 Å². The summed E-state index contributed by atoms with van der Waals surface area (Å²) in [5, 5.41) is 0. The molecule has 0 radical (unpaired) electrons. The standard InChI is InChI=1S/C13H12BrN3/c14-12-7-15-9-16-13(12)17-6-5-10-3-1-2-4-11(10)8-17/h1-4,7,9H,5-6,8H2. The van der Waals surface area contributed by atoms with Crippen LogP contribution < -0.4 is 4.90 Å². The fourth-order valence-corrected chi connectivity index (χ4v) is 2.69. The van der Waals surface area contributed by atoms with E-state index in [2.05, 4.69) is 55.1 Å². The minimum atomic E-state index is 0.922. The van der Waals surface area contributed by atoms with Crippen LogP contribution in [0.5, 0.6) is 0 Å². The van der Waals surface area contributed by atoms with Crippen molar-refractivity contribution < 1.29 is 0 Å². The van der Waals surface area contributed by atoms with Gasteiger partial charge in [0.1, 0.15) is 12.1 Å². The lowest BCUT2D eigenvalue weighted by atomic mass is 10.00. The Bertz CT molecular complexity index is 542. The number of hydrogen-bond donors (Lipinski definition) is 0. The molecule has 0 unspecified atom stereocenters. The van der Waals surface area contributed by atoms with Crippen LogP contribution in [0.1, 0.15) is 11.1 Å². The molecule has 86 valence electrons. The number of anilines is 1. The third-order valence-electron chi connectivity index (χ3n) is 3.08. The summed E-state index contributed by atoms with van der Waals surface area (Å²) >= 11 is 3.51. The summed E-state index contributed by atoms with van der Waals surface area (Å²) in [7, 11) is 0. The van der Waals surface area contributed by atoms with Gasteiger partial charge in [-0.2, -0.15) is 0 Å². The molecular formula is C13H12BrN3. The van der Waals surface area contributed by atoms with Gasteiger partial charge in [0, 0.05) is 19.3 Å². The third-order valence-corrected chi connectivity index (χ3v) is 3.64. The van der Waals surface area contributed by atoms with Crippen LogP contribution in [0.3, 0.4) is 0 Å². The lowest BCUT2D eigenvalue weighted by Gasteiger charge is -2.30. The predicted octanol–water partition coefficient (Wildman–Crippen LogP) is 2.80. The van der Waals surface area contributed by atoms with Crippen molar-refractivity contribution in [2.45, 2.75) is 13.0 Å². The molecule has 3 nitrogen and oxygen atoms in total. The molecular weight excluding hydrogens is 278 g/mol. The quantitative estimate of drug-likeness (QED) is 0.808. The highest BCUT2D eigenvalue weighted by molar-refractivity contribution is 9.10. The van der Waals surface area contributed by atoms with Crippen molar-refractivity contribution >= 4 is 21.7 Å². The smallest absolute Gasteiger partial charge is 0.146 e. The average molecular weight is 290 g/mol. The summed E-state index contributed by atoms with van der Waals surface area (Å²) in [6, 6.07) is 8.60. The van der Waals surface area contributed by atoms with E-state index in [-0.39, 0.29) is 0 Å². The van der Waals surface area contributed by atoms with Crippen LogP contribution in [-0.2, 0) is 13.0 Å². The molecule has 4 heteroatoms. The molecule has 0 bridgehead atoms. The van der Waals surface area contributed by atoms with Crippen LogP contribution in [0.4, 0.5) is 5.82 Å². The predicted molar refractivity (Wildman–Crippen MR) is 70.9 cm³/mol. The molecule has 0 N–H and O–H groups in total. The van der Waals surface area contributed by atoms with Gasteiger partial charge in [-0.15, -0.1) is 0 Å². The van der Waals surface area contributed by atoms with Crippen molar-refractivity contribution in [3.05, 3.63) is 52.4 Å². The van der Waals surface area contributed by atoms with E-state index >= 15 is 0 Å². The summed E-state index contributed by atoms with van der Waals surface area (Å²) in [5.41, 5.74) is 2.85. The molecule has 2 aromatic rings. The molecule has 0 aliphatic carbocycles. The van der Waals surface area contributed by atoms with Gasteiger partial charge < -0.3 is 4.90 Å². The first-order chi connectivity index (χ1) is 8.34. The lowest BCUT2D eigenvalue weighted by Crippen LogP contribution is -2.31.